The van der Waals surface area contributed by atoms with E-state index in [1.807, 2.05) is 0 Å². The molecule has 2 aromatic carbocycles. The van der Waals surface area contributed by atoms with E-state index in [-0.39, 0.29) is 6.10 Å². The second-order valence-corrected chi connectivity index (χ2v) is 6.55. The predicted molar refractivity (Wildman–Crippen MR) is 100 cm³/mol. The number of carbonyl (C=O) groups is 2. The van der Waals surface area contributed by atoms with E-state index >= 15 is 0 Å². The second kappa shape index (κ2) is 8.58. The molecule has 2 N–H and O–H groups in total. The maximum absolute atomic E-state index is 12.6. The first kappa shape index (κ1) is 18.8. The number of carbonyl (C=O) groups excluding carboxylic acids is 1. The topological polar surface area (TPSA) is 84.9 Å². The monoisotopic (exact) mass is 369 g/mol. The number of methoxy groups -OCH3 is 1. The molecule has 1 fully saturated rings. The van der Waals surface area contributed by atoms with Gasteiger partial charge in [0.25, 0.3) is 5.91 Å². The van der Waals surface area contributed by atoms with Gasteiger partial charge in [-0.1, -0.05) is 30.3 Å². The van der Waals surface area contributed by atoms with Gasteiger partial charge in [-0.15, -0.1) is 0 Å². The van der Waals surface area contributed by atoms with Crippen molar-refractivity contribution in [1.82, 2.24) is 5.32 Å². The quantitative estimate of drug-likeness (QED) is 0.779. The van der Waals surface area contributed by atoms with Gasteiger partial charge in [0.05, 0.1) is 13.2 Å². The van der Waals surface area contributed by atoms with E-state index in [1.165, 1.54) is 7.11 Å². The number of carboxylic acid groups (broad SMARTS) is 1. The lowest BCUT2D eigenvalue weighted by atomic mass is 10.1. The fraction of sp³-hybridized carbons (Fsp3) is 0.333. The molecule has 1 saturated carbocycles. The van der Waals surface area contributed by atoms with E-state index in [2.05, 4.69) is 5.32 Å². The molecule has 0 aliphatic heterocycles. The van der Waals surface area contributed by atoms with Crippen molar-refractivity contribution in [2.75, 3.05) is 7.11 Å². The summed E-state index contributed by atoms with van der Waals surface area (Å²) in [5, 5.41) is 12.0. The highest BCUT2D eigenvalue weighted by Gasteiger charge is 2.24. The van der Waals surface area contributed by atoms with Gasteiger partial charge in [0.1, 0.15) is 0 Å². The van der Waals surface area contributed by atoms with Crippen LogP contribution < -0.4 is 14.8 Å². The standard InChI is InChI=1S/C21H23NO5/c1-26-18-13-15(11-12-17(18)27-16-9-5-6-10-16)20(23)22-19(21(24)25)14-7-3-2-4-8-14/h2-4,7-8,11-13,16,19H,5-6,9-10H2,1H3,(H,22,23)(H,24,25). The average Bonchev–Trinajstić information content (AvgIpc) is 3.19. The number of ether oxygens (including phenoxy) is 2. The molecule has 0 spiro atoms. The lowest BCUT2D eigenvalue weighted by molar-refractivity contribution is -0.139. The second-order valence-electron chi connectivity index (χ2n) is 6.55. The fourth-order valence-electron chi connectivity index (χ4n) is 3.24. The molecule has 2 aromatic rings. The summed E-state index contributed by atoms with van der Waals surface area (Å²) >= 11 is 0. The van der Waals surface area contributed by atoms with Crippen LogP contribution in [0.1, 0.15) is 47.6 Å². The smallest absolute Gasteiger partial charge is 0.330 e. The summed E-state index contributed by atoms with van der Waals surface area (Å²) in [6.45, 7) is 0. The summed E-state index contributed by atoms with van der Waals surface area (Å²) in [7, 11) is 1.52. The van der Waals surface area contributed by atoms with E-state index in [1.54, 1.807) is 48.5 Å². The third-order valence-corrected chi connectivity index (χ3v) is 4.68. The van der Waals surface area contributed by atoms with E-state index in [0.29, 0.717) is 22.6 Å². The van der Waals surface area contributed by atoms with Crippen LogP contribution in [0.15, 0.2) is 48.5 Å². The highest BCUT2D eigenvalue weighted by Crippen LogP contribution is 2.32. The highest BCUT2D eigenvalue weighted by molar-refractivity contribution is 5.97. The molecule has 1 atom stereocenters. The Labute approximate surface area is 158 Å². The van der Waals surface area contributed by atoms with Gasteiger partial charge in [0.2, 0.25) is 0 Å². The Morgan fingerprint density at radius 1 is 1.07 bits per heavy atom. The molecule has 1 aliphatic rings. The van der Waals surface area contributed by atoms with Crippen molar-refractivity contribution in [3.05, 3.63) is 59.7 Å². The SMILES string of the molecule is COc1cc(C(=O)NC(C(=O)O)c2ccccc2)ccc1OC1CCCC1. The van der Waals surface area contributed by atoms with Crippen LogP contribution in [0.4, 0.5) is 0 Å². The Hall–Kier alpha value is -3.02. The van der Waals surface area contributed by atoms with Crippen LogP contribution in [-0.2, 0) is 4.79 Å². The lowest BCUT2D eigenvalue weighted by Crippen LogP contribution is -2.33. The van der Waals surface area contributed by atoms with Gasteiger partial charge in [-0.25, -0.2) is 4.79 Å². The number of rotatable bonds is 7. The average molecular weight is 369 g/mol. The zero-order chi connectivity index (χ0) is 19.2. The zero-order valence-corrected chi connectivity index (χ0v) is 15.2. The molecular weight excluding hydrogens is 346 g/mol. The predicted octanol–water partition coefficient (Wildman–Crippen LogP) is 3.57. The van der Waals surface area contributed by atoms with Crippen molar-refractivity contribution < 1.29 is 24.2 Å². The summed E-state index contributed by atoms with van der Waals surface area (Å²) in [5.74, 6) is -0.556. The molecule has 0 heterocycles. The number of aliphatic carboxylic acids is 1. The summed E-state index contributed by atoms with van der Waals surface area (Å²) in [6, 6.07) is 12.3. The first-order valence-electron chi connectivity index (χ1n) is 9.02. The van der Waals surface area contributed by atoms with Crippen molar-refractivity contribution >= 4 is 11.9 Å². The molecule has 6 heteroatoms. The number of amides is 1. The normalized spacial score (nSPS) is 15.1. The third-order valence-electron chi connectivity index (χ3n) is 4.68. The highest BCUT2D eigenvalue weighted by atomic mass is 16.5. The number of nitrogens with one attached hydrogen (secondary N) is 1. The van der Waals surface area contributed by atoms with Crippen LogP contribution in [0.5, 0.6) is 11.5 Å². The molecule has 142 valence electrons. The molecule has 0 bridgehead atoms. The van der Waals surface area contributed by atoms with Crippen LogP contribution in [0.2, 0.25) is 0 Å². The van der Waals surface area contributed by atoms with Crippen LogP contribution in [0, 0.1) is 0 Å². The van der Waals surface area contributed by atoms with Crippen molar-refractivity contribution in [3.8, 4) is 11.5 Å². The Kier molecular flexibility index (Phi) is 5.96. The van der Waals surface area contributed by atoms with E-state index in [0.717, 1.165) is 25.7 Å². The van der Waals surface area contributed by atoms with Gasteiger partial charge < -0.3 is 19.9 Å². The van der Waals surface area contributed by atoms with Crippen molar-refractivity contribution in [2.45, 2.75) is 37.8 Å². The Morgan fingerprint density at radius 2 is 1.78 bits per heavy atom. The summed E-state index contributed by atoms with van der Waals surface area (Å²) in [4.78, 5) is 24.2. The Bertz CT molecular complexity index is 799. The van der Waals surface area contributed by atoms with Gasteiger partial charge in [-0.2, -0.15) is 0 Å². The molecule has 1 amide bonds. The minimum Gasteiger partial charge on any atom is -0.493 e. The third kappa shape index (κ3) is 4.58. The van der Waals surface area contributed by atoms with Crippen molar-refractivity contribution in [1.29, 1.82) is 0 Å². The maximum Gasteiger partial charge on any atom is 0.330 e. The molecule has 0 saturated heterocycles. The van der Waals surface area contributed by atoms with Crippen LogP contribution in [0.25, 0.3) is 0 Å². The van der Waals surface area contributed by atoms with E-state index < -0.39 is 17.9 Å². The molecule has 0 aromatic heterocycles. The Morgan fingerprint density at radius 3 is 2.41 bits per heavy atom. The first-order chi connectivity index (χ1) is 13.1. The molecular formula is C21H23NO5. The fourth-order valence-corrected chi connectivity index (χ4v) is 3.24. The molecule has 3 rings (SSSR count). The minimum absolute atomic E-state index is 0.174. The number of carboxylic acids is 1. The zero-order valence-electron chi connectivity index (χ0n) is 15.2. The number of hydrogen-bond acceptors (Lipinski definition) is 4. The van der Waals surface area contributed by atoms with Crippen molar-refractivity contribution in [3.63, 3.8) is 0 Å². The van der Waals surface area contributed by atoms with Gasteiger partial charge in [0, 0.05) is 5.56 Å². The van der Waals surface area contributed by atoms with Gasteiger partial charge in [-0.05, 0) is 49.4 Å². The van der Waals surface area contributed by atoms with E-state index in [9.17, 15) is 14.7 Å². The largest absolute Gasteiger partial charge is 0.493 e. The summed E-state index contributed by atoms with van der Waals surface area (Å²) in [6.07, 6.45) is 4.52. The van der Waals surface area contributed by atoms with Crippen LogP contribution in [-0.4, -0.2) is 30.2 Å². The Balaban J connectivity index is 1.76. The molecule has 0 radical (unpaired) electrons. The van der Waals surface area contributed by atoms with Gasteiger partial charge in [0.15, 0.2) is 17.5 Å². The summed E-state index contributed by atoms with van der Waals surface area (Å²) < 4.78 is 11.3. The first-order valence-corrected chi connectivity index (χ1v) is 9.02. The van der Waals surface area contributed by atoms with Crippen LogP contribution in [0.3, 0.4) is 0 Å². The van der Waals surface area contributed by atoms with Gasteiger partial charge in [-0.3, -0.25) is 4.79 Å². The molecule has 6 nitrogen and oxygen atoms in total. The number of hydrogen-bond donors (Lipinski definition) is 2. The van der Waals surface area contributed by atoms with Gasteiger partial charge >= 0.3 is 5.97 Å². The maximum atomic E-state index is 12.6. The molecule has 27 heavy (non-hydrogen) atoms. The molecule has 1 aliphatic carbocycles. The molecule has 1 unspecified atom stereocenters. The minimum atomic E-state index is -1.13. The number of benzene rings is 2. The van der Waals surface area contributed by atoms with E-state index in [4.69, 9.17) is 9.47 Å². The van der Waals surface area contributed by atoms with Crippen molar-refractivity contribution in [2.24, 2.45) is 0 Å². The lowest BCUT2D eigenvalue weighted by Gasteiger charge is -2.18. The summed E-state index contributed by atoms with van der Waals surface area (Å²) in [5.41, 5.74) is 0.819. The van der Waals surface area contributed by atoms with Crippen LogP contribution >= 0.6 is 0 Å².